The van der Waals surface area contributed by atoms with Crippen LogP contribution in [0.3, 0.4) is 0 Å². The molecule has 0 aromatic heterocycles. The first kappa shape index (κ1) is 19.0. The molecule has 0 radical (unpaired) electrons. The summed E-state index contributed by atoms with van der Waals surface area (Å²) < 4.78 is 6.34. The SMILES string of the molecule is CN1OC2(CCCCc3ccccc3COc3ccc(C#CC4CC4)cc32)N=C1N. The number of fused-ring (bicyclic) bond motifs is 3. The van der Waals surface area contributed by atoms with Crippen LogP contribution in [-0.2, 0) is 23.6 Å². The summed E-state index contributed by atoms with van der Waals surface area (Å²) in [6, 6.07) is 14.6. The molecule has 5 rings (SSSR count). The second kappa shape index (κ2) is 7.70. The van der Waals surface area contributed by atoms with Crippen molar-refractivity contribution < 1.29 is 9.57 Å². The zero-order valence-corrected chi connectivity index (χ0v) is 17.4. The molecule has 1 unspecified atom stereocenters. The standard InChI is InChI=1S/C25H27N3O2/c1-28-24(26)27-25(30-28)15-5-4-7-20-6-2-3-8-21(20)17-29-23-14-13-19(16-22(23)25)12-11-18-9-10-18/h2-3,6,8,13-14,16,18H,4-5,7,9-10,15,17H2,1H3,(H2,26,27). The van der Waals surface area contributed by atoms with Crippen molar-refractivity contribution in [2.24, 2.45) is 16.6 Å². The van der Waals surface area contributed by atoms with Crippen LogP contribution < -0.4 is 10.5 Å². The normalized spacial score (nSPS) is 23.4. The fraction of sp³-hybridized carbons (Fsp3) is 0.400. The molecule has 2 aliphatic heterocycles. The Morgan fingerprint density at radius 3 is 2.73 bits per heavy atom. The van der Waals surface area contributed by atoms with Crippen molar-refractivity contribution in [3.8, 4) is 17.6 Å². The number of hydrogen-bond acceptors (Lipinski definition) is 5. The summed E-state index contributed by atoms with van der Waals surface area (Å²) in [7, 11) is 1.80. The summed E-state index contributed by atoms with van der Waals surface area (Å²) in [5.41, 5.74) is 9.69. The van der Waals surface area contributed by atoms with Crippen molar-refractivity contribution >= 4 is 5.96 Å². The molecule has 1 aliphatic carbocycles. The Bertz CT molecular complexity index is 1050. The quantitative estimate of drug-likeness (QED) is 0.675. The molecule has 0 bridgehead atoms. The van der Waals surface area contributed by atoms with Crippen LogP contribution in [0.2, 0.25) is 0 Å². The number of guanidine groups is 1. The Balaban J connectivity index is 1.58. The smallest absolute Gasteiger partial charge is 0.218 e. The topological polar surface area (TPSA) is 60.1 Å². The highest BCUT2D eigenvalue weighted by molar-refractivity contribution is 5.78. The fourth-order valence-electron chi connectivity index (χ4n) is 4.12. The number of aliphatic imine (C=N–C) groups is 1. The van der Waals surface area contributed by atoms with E-state index in [1.54, 1.807) is 12.1 Å². The molecule has 2 heterocycles. The van der Waals surface area contributed by atoms with Crippen LogP contribution in [0.5, 0.6) is 5.75 Å². The highest BCUT2D eigenvalue weighted by atomic mass is 16.7. The van der Waals surface area contributed by atoms with Crippen molar-refractivity contribution in [2.45, 2.75) is 50.9 Å². The van der Waals surface area contributed by atoms with E-state index in [4.69, 9.17) is 20.3 Å². The van der Waals surface area contributed by atoms with Crippen molar-refractivity contribution in [3.05, 3.63) is 64.7 Å². The van der Waals surface area contributed by atoms with E-state index in [-0.39, 0.29) is 0 Å². The fourth-order valence-corrected chi connectivity index (χ4v) is 4.12. The number of hydroxylamine groups is 2. The van der Waals surface area contributed by atoms with E-state index in [9.17, 15) is 0 Å². The lowest BCUT2D eigenvalue weighted by Crippen LogP contribution is -2.32. The Hall–Kier alpha value is -2.97. The van der Waals surface area contributed by atoms with Crippen LogP contribution in [0.1, 0.15) is 54.4 Å². The van der Waals surface area contributed by atoms with Gasteiger partial charge in [-0.15, -0.1) is 0 Å². The van der Waals surface area contributed by atoms with E-state index >= 15 is 0 Å². The minimum absolute atomic E-state index is 0.383. The third-order valence-electron chi connectivity index (χ3n) is 6.02. The highest BCUT2D eigenvalue weighted by Gasteiger charge is 2.43. The molecule has 5 heteroatoms. The first-order valence-electron chi connectivity index (χ1n) is 10.8. The van der Waals surface area contributed by atoms with E-state index in [0.717, 1.165) is 42.6 Å². The van der Waals surface area contributed by atoms with Gasteiger partial charge in [-0.25, -0.2) is 14.9 Å². The van der Waals surface area contributed by atoms with Gasteiger partial charge in [-0.2, -0.15) is 0 Å². The second-order valence-corrected chi connectivity index (χ2v) is 8.36. The Morgan fingerprint density at radius 1 is 1.13 bits per heavy atom. The molecule has 3 aliphatic rings. The average Bonchev–Trinajstić information content (AvgIpc) is 3.54. The van der Waals surface area contributed by atoms with Gasteiger partial charge in [-0.05, 0) is 61.4 Å². The number of ether oxygens (including phenoxy) is 1. The predicted octanol–water partition coefficient (Wildman–Crippen LogP) is 4.10. The molecule has 1 fully saturated rings. The van der Waals surface area contributed by atoms with Gasteiger partial charge >= 0.3 is 0 Å². The van der Waals surface area contributed by atoms with Gasteiger partial charge in [0.2, 0.25) is 11.7 Å². The van der Waals surface area contributed by atoms with Gasteiger partial charge in [-0.1, -0.05) is 36.1 Å². The Kier molecular flexibility index (Phi) is 4.88. The summed E-state index contributed by atoms with van der Waals surface area (Å²) >= 11 is 0. The summed E-state index contributed by atoms with van der Waals surface area (Å²) in [5.74, 6) is 8.37. The maximum atomic E-state index is 6.34. The van der Waals surface area contributed by atoms with Crippen molar-refractivity contribution in [2.75, 3.05) is 7.05 Å². The number of benzene rings is 2. The Labute approximate surface area is 177 Å². The predicted molar refractivity (Wildman–Crippen MR) is 117 cm³/mol. The number of aryl methyl sites for hydroxylation is 1. The zero-order chi connectivity index (χ0) is 20.6. The van der Waals surface area contributed by atoms with Crippen LogP contribution in [-0.4, -0.2) is 18.1 Å². The molecule has 0 amide bonds. The summed E-state index contributed by atoms with van der Waals surface area (Å²) in [6.07, 6.45) is 6.18. The maximum Gasteiger partial charge on any atom is 0.218 e. The molecule has 1 spiro atoms. The van der Waals surface area contributed by atoms with Crippen molar-refractivity contribution in [3.63, 3.8) is 0 Å². The molecule has 5 nitrogen and oxygen atoms in total. The first-order valence-corrected chi connectivity index (χ1v) is 10.8. The Morgan fingerprint density at radius 2 is 1.97 bits per heavy atom. The molecule has 30 heavy (non-hydrogen) atoms. The number of rotatable bonds is 0. The summed E-state index contributed by atoms with van der Waals surface area (Å²) in [6.45, 7) is 0.515. The third-order valence-corrected chi connectivity index (χ3v) is 6.02. The van der Waals surface area contributed by atoms with E-state index < -0.39 is 5.72 Å². The lowest BCUT2D eigenvalue weighted by molar-refractivity contribution is -0.177. The van der Waals surface area contributed by atoms with Crippen LogP contribution in [0.4, 0.5) is 0 Å². The third kappa shape index (κ3) is 3.76. The number of hydrogen-bond donors (Lipinski definition) is 1. The van der Waals surface area contributed by atoms with Gasteiger partial charge in [0.15, 0.2) is 0 Å². The van der Waals surface area contributed by atoms with Crippen LogP contribution in [0, 0.1) is 17.8 Å². The number of nitrogens with zero attached hydrogens (tertiary/aromatic N) is 2. The minimum atomic E-state index is -0.873. The molecule has 154 valence electrons. The van der Waals surface area contributed by atoms with Crippen LogP contribution in [0.25, 0.3) is 0 Å². The van der Waals surface area contributed by atoms with Crippen molar-refractivity contribution in [1.29, 1.82) is 0 Å². The summed E-state index contributed by atoms with van der Waals surface area (Å²) in [4.78, 5) is 11.0. The lowest BCUT2D eigenvalue weighted by Gasteiger charge is -2.28. The second-order valence-electron chi connectivity index (χ2n) is 8.36. The van der Waals surface area contributed by atoms with Gasteiger partial charge in [0.25, 0.3) is 0 Å². The molecule has 2 aromatic carbocycles. The highest BCUT2D eigenvalue weighted by Crippen LogP contribution is 2.43. The van der Waals surface area contributed by atoms with Gasteiger partial charge in [-0.3, -0.25) is 0 Å². The molecular formula is C25H27N3O2. The van der Waals surface area contributed by atoms with Crippen LogP contribution >= 0.6 is 0 Å². The molecule has 2 N–H and O–H groups in total. The largest absolute Gasteiger partial charge is 0.488 e. The van der Waals surface area contributed by atoms with Gasteiger partial charge < -0.3 is 10.5 Å². The van der Waals surface area contributed by atoms with Gasteiger partial charge in [0, 0.05) is 24.9 Å². The van der Waals surface area contributed by atoms with Crippen LogP contribution in [0.15, 0.2) is 47.5 Å². The van der Waals surface area contributed by atoms with Gasteiger partial charge in [0.1, 0.15) is 12.4 Å². The molecule has 1 atom stereocenters. The lowest BCUT2D eigenvalue weighted by atomic mass is 9.93. The van der Waals surface area contributed by atoms with Crippen molar-refractivity contribution in [1.82, 2.24) is 5.06 Å². The minimum Gasteiger partial charge on any atom is -0.488 e. The van der Waals surface area contributed by atoms with E-state index in [2.05, 4.69) is 42.2 Å². The average molecular weight is 402 g/mol. The summed E-state index contributed by atoms with van der Waals surface area (Å²) in [5, 5.41) is 1.56. The first-order chi connectivity index (χ1) is 14.6. The van der Waals surface area contributed by atoms with E-state index in [1.807, 2.05) is 12.1 Å². The zero-order valence-electron chi connectivity index (χ0n) is 17.4. The maximum absolute atomic E-state index is 6.34. The van der Waals surface area contributed by atoms with E-state index in [0.29, 0.717) is 18.5 Å². The number of nitrogens with two attached hydrogens (primary N) is 1. The molecular weight excluding hydrogens is 374 g/mol. The molecule has 0 saturated heterocycles. The van der Waals surface area contributed by atoms with E-state index in [1.165, 1.54) is 24.0 Å². The monoisotopic (exact) mass is 401 g/mol. The van der Waals surface area contributed by atoms with Gasteiger partial charge in [0.05, 0.1) is 5.56 Å². The molecule has 2 aromatic rings. The molecule has 1 saturated carbocycles.